The Labute approximate surface area is 122 Å². The number of H-pyrrole nitrogens is 1. The molecule has 108 valence electrons. The summed E-state index contributed by atoms with van der Waals surface area (Å²) in [6, 6.07) is 1.93. The molecule has 7 heteroatoms. The molecule has 0 spiro atoms. The van der Waals surface area contributed by atoms with Crippen molar-refractivity contribution >= 4 is 17.3 Å². The van der Waals surface area contributed by atoms with Crippen molar-refractivity contribution < 1.29 is 0 Å². The van der Waals surface area contributed by atoms with Gasteiger partial charge in [0, 0.05) is 18.6 Å². The van der Waals surface area contributed by atoms with Crippen molar-refractivity contribution in [1.29, 1.82) is 0 Å². The Morgan fingerprint density at radius 1 is 1.40 bits per heavy atom. The second kappa shape index (κ2) is 7.04. The zero-order chi connectivity index (χ0) is 14.4. The fourth-order valence-corrected chi connectivity index (χ4v) is 2.51. The van der Waals surface area contributed by atoms with Crippen LogP contribution in [0.25, 0.3) is 0 Å². The van der Waals surface area contributed by atoms with Crippen molar-refractivity contribution in [2.75, 3.05) is 7.05 Å². The highest BCUT2D eigenvalue weighted by molar-refractivity contribution is 7.09. The number of thiazole rings is 1. The Morgan fingerprint density at radius 2 is 2.20 bits per heavy atom. The van der Waals surface area contributed by atoms with Gasteiger partial charge in [0.2, 0.25) is 0 Å². The van der Waals surface area contributed by atoms with E-state index in [0.29, 0.717) is 19.0 Å². The van der Waals surface area contributed by atoms with E-state index < -0.39 is 0 Å². The zero-order valence-electron chi connectivity index (χ0n) is 12.0. The highest BCUT2D eigenvalue weighted by atomic mass is 32.1. The second-order valence-electron chi connectivity index (χ2n) is 4.68. The van der Waals surface area contributed by atoms with Crippen LogP contribution in [-0.2, 0) is 13.1 Å². The second-order valence-corrected chi connectivity index (χ2v) is 5.62. The van der Waals surface area contributed by atoms with Gasteiger partial charge in [-0.1, -0.05) is 13.8 Å². The van der Waals surface area contributed by atoms with Gasteiger partial charge in [-0.15, -0.1) is 11.3 Å². The highest BCUT2D eigenvalue weighted by Gasteiger charge is 2.06. The van der Waals surface area contributed by atoms with E-state index in [1.807, 2.05) is 6.07 Å². The van der Waals surface area contributed by atoms with E-state index in [9.17, 15) is 0 Å². The maximum atomic E-state index is 4.58. The number of nitrogens with one attached hydrogen (secondary N) is 3. The monoisotopic (exact) mass is 292 g/mol. The molecular weight excluding hydrogens is 272 g/mol. The molecule has 0 aromatic carbocycles. The molecule has 0 saturated carbocycles. The van der Waals surface area contributed by atoms with E-state index in [-0.39, 0.29) is 0 Å². The van der Waals surface area contributed by atoms with Crippen molar-refractivity contribution in [3.63, 3.8) is 0 Å². The molecule has 0 fully saturated rings. The van der Waals surface area contributed by atoms with Crippen LogP contribution < -0.4 is 10.6 Å². The molecule has 0 aliphatic rings. The number of guanidine groups is 1. The predicted octanol–water partition coefficient (Wildman–Crippen LogP) is 1.85. The van der Waals surface area contributed by atoms with Crippen LogP contribution in [0.5, 0.6) is 0 Å². The molecule has 3 N–H and O–H groups in total. The average Bonchev–Trinajstić information content (AvgIpc) is 3.10. The molecule has 2 rings (SSSR count). The SMILES string of the molecule is CN=C(NCc1ccn[nH]1)NCc1nc(C(C)C)cs1. The lowest BCUT2D eigenvalue weighted by Gasteiger charge is -2.09. The van der Waals surface area contributed by atoms with E-state index in [1.54, 1.807) is 24.6 Å². The summed E-state index contributed by atoms with van der Waals surface area (Å²) in [4.78, 5) is 8.76. The Hall–Kier alpha value is -1.89. The van der Waals surface area contributed by atoms with Crippen LogP contribution in [0.1, 0.15) is 36.2 Å². The van der Waals surface area contributed by atoms with Crippen molar-refractivity contribution in [2.45, 2.75) is 32.9 Å². The van der Waals surface area contributed by atoms with Crippen molar-refractivity contribution in [1.82, 2.24) is 25.8 Å². The molecule has 0 aliphatic carbocycles. The minimum Gasteiger partial charge on any atom is -0.351 e. The first-order valence-electron chi connectivity index (χ1n) is 6.56. The van der Waals surface area contributed by atoms with Gasteiger partial charge in [0.1, 0.15) is 5.01 Å². The molecule has 0 aliphatic heterocycles. The molecule has 0 unspecified atom stereocenters. The first kappa shape index (κ1) is 14.5. The third-order valence-electron chi connectivity index (χ3n) is 2.80. The number of aromatic amines is 1. The van der Waals surface area contributed by atoms with Gasteiger partial charge in [-0.25, -0.2) is 4.98 Å². The summed E-state index contributed by atoms with van der Waals surface area (Å²) < 4.78 is 0. The first-order valence-corrected chi connectivity index (χ1v) is 7.44. The number of hydrogen-bond donors (Lipinski definition) is 3. The summed E-state index contributed by atoms with van der Waals surface area (Å²) in [6.45, 7) is 5.64. The van der Waals surface area contributed by atoms with Crippen LogP contribution in [0.4, 0.5) is 0 Å². The zero-order valence-corrected chi connectivity index (χ0v) is 12.8. The van der Waals surface area contributed by atoms with E-state index in [2.05, 4.69) is 50.0 Å². The fourth-order valence-electron chi connectivity index (χ4n) is 1.61. The van der Waals surface area contributed by atoms with Gasteiger partial charge in [0.05, 0.1) is 24.5 Å². The summed E-state index contributed by atoms with van der Waals surface area (Å²) in [6.07, 6.45) is 1.73. The smallest absolute Gasteiger partial charge is 0.191 e. The summed E-state index contributed by atoms with van der Waals surface area (Å²) in [5.74, 6) is 1.22. The van der Waals surface area contributed by atoms with Crippen LogP contribution in [0, 0.1) is 0 Å². The van der Waals surface area contributed by atoms with Gasteiger partial charge in [-0.2, -0.15) is 5.10 Å². The number of rotatable bonds is 5. The van der Waals surface area contributed by atoms with Gasteiger partial charge in [0.25, 0.3) is 0 Å². The van der Waals surface area contributed by atoms with Crippen LogP contribution in [-0.4, -0.2) is 28.2 Å². The maximum absolute atomic E-state index is 4.58. The van der Waals surface area contributed by atoms with E-state index in [0.717, 1.165) is 22.4 Å². The molecule has 0 amide bonds. The molecular formula is C13H20N6S. The maximum Gasteiger partial charge on any atom is 0.191 e. The van der Waals surface area contributed by atoms with Gasteiger partial charge in [-0.3, -0.25) is 10.1 Å². The molecule has 0 saturated heterocycles. The lowest BCUT2D eigenvalue weighted by molar-refractivity contribution is 0.775. The fraction of sp³-hybridized carbons (Fsp3) is 0.462. The van der Waals surface area contributed by atoms with Crippen molar-refractivity contribution in [3.05, 3.63) is 34.0 Å². The van der Waals surface area contributed by atoms with E-state index in [4.69, 9.17) is 0 Å². The van der Waals surface area contributed by atoms with Gasteiger partial charge >= 0.3 is 0 Å². The largest absolute Gasteiger partial charge is 0.351 e. The Bertz CT molecular complexity index is 543. The molecule has 2 aromatic rings. The minimum atomic E-state index is 0.470. The van der Waals surface area contributed by atoms with Gasteiger partial charge in [-0.05, 0) is 12.0 Å². The lowest BCUT2D eigenvalue weighted by Crippen LogP contribution is -2.36. The Balaban J connectivity index is 1.81. The molecule has 20 heavy (non-hydrogen) atoms. The van der Waals surface area contributed by atoms with E-state index in [1.165, 1.54) is 0 Å². The third kappa shape index (κ3) is 4.06. The summed E-state index contributed by atoms with van der Waals surface area (Å²) >= 11 is 1.67. The normalized spacial score (nSPS) is 11.9. The van der Waals surface area contributed by atoms with Crippen LogP contribution >= 0.6 is 11.3 Å². The quantitative estimate of drug-likeness (QED) is 0.580. The summed E-state index contributed by atoms with van der Waals surface area (Å²) in [5, 5.41) is 16.5. The van der Waals surface area contributed by atoms with E-state index >= 15 is 0 Å². The third-order valence-corrected chi connectivity index (χ3v) is 3.66. The lowest BCUT2D eigenvalue weighted by atomic mass is 10.2. The molecule has 0 radical (unpaired) electrons. The molecule has 0 atom stereocenters. The standard InChI is InChI=1S/C13H20N6S/c1-9(2)11-8-20-12(18-11)7-16-13(14-3)15-6-10-4-5-17-19-10/h4-5,8-9H,6-7H2,1-3H3,(H,17,19)(H2,14,15,16). The topological polar surface area (TPSA) is 78.0 Å². The van der Waals surface area contributed by atoms with Gasteiger partial charge in [0.15, 0.2) is 5.96 Å². The average molecular weight is 292 g/mol. The number of aromatic nitrogens is 3. The predicted molar refractivity (Wildman–Crippen MR) is 81.8 cm³/mol. The van der Waals surface area contributed by atoms with Crippen molar-refractivity contribution in [3.8, 4) is 0 Å². The minimum absolute atomic E-state index is 0.470. The van der Waals surface area contributed by atoms with Gasteiger partial charge < -0.3 is 10.6 Å². The van der Waals surface area contributed by atoms with Crippen molar-refractivity contribution in [2.24, 2.45) is 4.99 Å². The molecule has 2 heterocycles. The summed E-state index contributed by atoms with van der Waals surface area (Å²) in [5.41, 5.74) is 2.16. The molecule has 2 aromatic heterocycles. The molecule has 6 nitrogen and oxygen atoms in total. The summed E-state index contributed by atoms with van der Waals surface area (Å²) in [7, 11) is 1.75. The molecule has 0 bridgehead atoms. The Morgan fingerprint density at radius 3 is 2.80 bits per heavy atom. The van der Waals surface area contributed by atoms with Crippen LogP contribution in [0.15, 0.2) is 22.6 Å². The van der Waals surface area contributed by atoms with Crippen LogP contribution in [0.2, 0.25) is 0 Å². The number of aliphatic imine (C=N–C) groups is 1. The Kier molecular flexibility index (Phi) is 5.11. The van der Waals surface area contributed by atoms with Crippen LogP contribution in [0.3, 0.4) is 0 Å². The number of nitrogens with zero attached hydrogens (tertiary/aromatic N) is 3. The first-order chi connectivity index (χ1) is 9.69. The highest BCUT2D eigenvalue weighted by Crippen LogP contribution is 2.17. The number of hydrogen-bond acceptors (Lipinski definition) is 4.